The molecule has 1 aliphatic rings. The third-order valence-electron chi connectivity index (χ3n) is 4.36. The lowest BCUT2D eigenvalue weighted by Gasteiger charge is -2.34. The Hall–Kier alpha value is -1.68. The molecule has 1 N–H and O–H groups in total. The van der Waals surface area contributed by atoms with Gasteiger partial charge in [0.05, 0.1) is 35.0 Å². The number of rotatable bonds is 6. The van der Waals surface area contributed by atoms with E-state index in [-0.39, 0.29) is 29.6 Å². The minimum Gasteiger partial charge on any atom is -0.376 e. The number of nitrogens with zero attached hydrogens (tertiary/aromatic N) is 3. The van der Waals surface area contributed by atoms with Crippen molar-refractivity contribution in [2.75, 3.05) is 58.0 Å². The van der Waals surface area contributed by atoms with E-state index in [2.05, 4.69) is 5.32 Å². The number of morpholine rings is 1. The smallest absolute Gasteiger partial charge is 0.242 e. The maximum atomic E-state index is 12.6. The Bertz CT molecular complexity index is 770. The Morgan fingerprint density at radius 2 is 1.78 bits per heavy atom. The highest BCUT2D eigenvalue weighted by molar-refractivity contribution is 7.89. The van der Waals surface area contributed by atoms with Crippen LogP contribution in [0.25, 0.3) is 0 Å². The second-order valence-corrected chi connectivity index (χ2v) is 9.51. The molecule has 0 spiro atoms. The van der Waals surface area contributed by atoms with Gasteiger partial charge in [0.15, 0.2) is 0 Å². The van der Waals surface area contributed by atoms with E-state index >= 15 is 0 Å². The molecular formula is C18H30N4O4S. The van der Waals surface area contributed by atoms with Gasteiger partial charge in [-0.1, -0.05) is 0 Å². The fourth-order valence-corrected chi connectivity index (χ4v) is 4.11. The standard InChI is InChI=1S/C18H30N4O4S/c1-13-10-22(11-14(2)26-13)12-18(23)19-16-9-15(27(24,25)21(5)6)7-8-17(16)20(3)4/h7-9,13-14H,10-12H2,1-6H3,(H,19,23)/t13-,14-/m1/s1. The maximum absolute atomic E-state index is 12.6. The molecule has 1 fully saturated rings. The van der Waals surface area contributed by atoms with E-state index in [1.54, 1.807) is 12.1 Å². The van der Waals surface area contributed by atoms with Gasteiger partial charge in [-0.25, -0.2) is 12.7 Å². The average Bonchev–Trinajstić information content (AvgIpc) is 2.53. The second kappa shape index (κ2) is 8.55. The van der Waals surface area contributed by atoms with E-state index in [0.717, 1.165) is 9.99 Å². The minimum absolute atomic E-state index is 0.0763. The van der Waals surface area contributed by atoms with Crippen molar-refractivity contribution >= 4 is 27.3 Å². The molecule has 27 heavy (non-hydrogen) atoms. The molecule has 2 rings (SSSR count). The summed E-state index contributed by atoms with van der Waals surface area (Å²) < 4.78 is 31.7. The number of carbonyl (C=O) groups is 1. The monoisotopic (exact) mass is 398 g/mol. The molecule has 0 unspecified atom stereocenters. The highest BCUT2D eigenvalue weighted by atomic mass is 32.2. The molecule has 2 atom stereocenters. The number of anilines is 2. The molecule has 0 radical (unpaired) electrons. The van der Waals surface area contributed by atoms with Crippen LogP contribution in [-0.2, 0) is 19.6 Å². The first-order valence-electron chi connectivity index (χ1n) is 8.92. The van der Waals surface area contributed by atoms with Crippen LogP contribution < -0.4 is 10.2 Å². The first kappa shape index (κ1) is 21.6. The van der Waals surface area contributed by atoms with Crippen molar-refractivity contribution in [3.8, 4) is 0 Å². The summed E-state index contributed by atoms with van der Waals surface area (Å²) in [6.07, 6.45) is 0.153. The molecule has 1 aliphatic heterocycles. The summed E-state index contributed by atoms with van der Waals surface area (Å²) in [5, 5.41) is 2.87. The fraction of sp³-hybridized carbons (Fsp3) is 0.611. The Morgan fingerprint density at radius 3 is 2.30 bits per heavy atom. The van der Waals surface area contributed by atoms with Crippen molar-refractivity contribution < 1.29 is 17.9 Å². The van der Waals surface area contributed by atoms with Crippen molar-refractivity contribution in [3.63, 3.8) is 0 Å². The third kappa shape index (κ3) is 5.41. The van der Waals surface area contributed by atoms with E-state index in [1.807, 2.05) is 37.7 Å². The highest BCUT2D eigenvalue weighted by Crippen LogP contribution is 2.28. The topological polar surface area (TPSA) is 82.2 Å². The van der Waals surface area contributed by atoms with Gasteiger partial charge in [0.2, 0.25) is 15.9 Å². The maximum Gasteiger partial charge on any atom is 0.242 e. The van der Waals surface area contributed by atoms with Crippen LogP contribution in [-0.4, -0.2) is 83.6 Å². The zero-order chi connectivity index (χ0) is 20.4. The van der Waals surface area contributed by atoms with Crippen molar-refractivity contribution in [2.24, 2.45) is 0 Å². The van der Waals surface area contributed by atoms with Gasteiger partial charge in [-0.3, -0.25) is 9.69 Å². The number of hydrogen-bond donors (Lipinski definition) is 1. The molecule has 1 heterocycles. The summed E-state index contributed by atoms with van der Waals surface area (Å²) in [5.74, 6) is -0.182. The summed E-state index contributed by atoms with van der Waals surface area (Å²) in [5.41, 5.74) is 1.21. The SMILES string of the molecule is C[C@@H]1CN(CC(=O)Nc2cc(S(=O)(=O)N(C)C)ccc2N(C)C)C[C@@H](C)O1. The van der Waals surface area contributed by atoms with E-state index in [0.29, 0.717) is 18.8 Å². The van der Waals surface area contributed by atoms with Gasteiger partial charge in [0.1, 0.15) is 0 Å². The number of ether oxygens (including phenoxy) is 1. The Balaban J connectivity index is 2.21. The van der Waals surface area contributed by atoms with Crippen molar-refractivity contribution in [1.29, 1.82) is 0 Å². The van der Waals surface area contributed by atoms with E-state index in [9.17, 15) is 13.2 Å². The molecule has 1 aromatic rings. The summed E-state index contributed by atoms with van der Waals surface area (Å²) in [6, 6.07) is 4.75. The summed E-state index contributed by atoms with van der Waals surface area (Å²) in [7, 11) is 3.07. The molecule has 0 bridgehead atoms. The van der Waals surface area contributed by atoms with Crippen LogP contribution in [0, 0.1) is 0 Å². The van der Waals surface area contributed by atoms with Crippen LogP contribution in [0.4, 0.5) is 11.4 Å². The molecule has 0 aromatic heterocycles. The second-order valence-electron chi connectivity index (χ2n) is 7.36. The lowest BCUT2D eigenvalue weighted by Crippen LogP contribution is -2.48. The molecule has 8 nitrogen and oxygen atoms in total. The normalized spacial score (nSPS) is 21.3. The number of sulfonamides is 1. The Kier molecular flexibility index (Phi) is 6.85. The Labute approximate surface area is 162 Å². The minimum atomic E-state index is -3.58. The van der Waals surface area contributed by atoms with Crippen LogP contribution in [0.3, 0.4) is 0 Å². The predicted molar refractivity (Wildman–Crippen MR) is 107 cm³/mol. The van der Waals surface area contributed by atoms with Crippen LogP contribution >= 0.6 is 0 Å². The number of amides is 1. The summed E-state index contributed by atoms with van der Waals surface area (Å²) in [6.45, 7) is 5.58. The highest BCUT2D eigenvalue weighted by Gasteiger charge is 2.25. The lowest BCUT2D eigenvalue weighted by molar-refractivity contribution is -0.121. The van der Waals surface area contributed by atoms with Gasteiger partial charge < -0.3 is 15.0 Å². The van der Waals surface area contributed by atoms with E-state index < -0.39 is 10.0 Å². The van der Waals surface area contributed by atoms with Gasteiger partial charge in [0.25, 0.3) is 0 Å². The number of hydrogen-bond acceptors (Lipinski definition) is 6. The first-order chi connectivity index (χ1) is 12.5. The van der Waals surface area contributed by atoms with Crippen LogP contribution in [0.15, 0.2) is 23.1 Å². The molecule has 1 aromatic carbocycles. The van der Waals surface area contributed by atoms with Crippen LogP contribution in [0.1, 0.15) is 13.8 Å². The van der Waals surface area contributed by atoms with Gasteiger partial charge in [-0.05, 0) is 32.0 Å². The van der Waals surface area contributed by atoms with E-state index in [1.165, 1.54) is 20.2 Å². The summed E-state index contributed by atoms with van der Waals surface area (Å²) in [4.78, 5) is 16.6. The van der Waals surface area contributed by atoms with Crippen molar-refractivity contribution in [2.45, 2.75) is 31.0 Å². The average molecular weight is 399 g/mol. The quantitative estimate of drug-likeness (QED) is 0.771. The molecular weight excluding hydrogens is 368 g/mol. The van der Waals surface area contributed by atoms with E-state index in [4.69, 9.17) is 4.74 Å². The largest absolute Gasteiger partial charge is 0.376 e. The third-order valence-corrected chi connectivity index (χ3v) is 6.18. The molecule has 1 saturated heterocycles. The predicted octanol–water partition coefficient (Wildman–Crippen LogP) is 1.05. The van der Waals surface area contributed by atoms with Gasteiger partial charge >= 0.3 is 0 Å². The van der Waals surface area contributed by atoms with Gasteiger partial charge in [0, 0.05) is 41.3 Å². The van der Waals surface area contributed by atoms with Gasteiger partial charge in [-0.15, -0.1) is 0 Å². The fourth-order valence-electron chi connectivity index (χ4n) is 3.18. The zero-order valence-corrected chi connectivity index (χ0v) is 17.7. The molecule has 1 amide bonds. The first-order valence-corrected chi connectivity index (χ1v) is 10.4. The molecule has 0 saturated carbocycles. The number of benzene rings is 1. The summed E-state index contributed by atoms with van der Waals surface area (Å²) >= 11 is 0. The molecule has 0 aliphatic carbocycles. The lowest BCUT2D eigenvalue weighted by atomic mass is 10.2. The zero-order valence-electron chi connectivity index (χ0n) is 16.9. The molecule has 152 valence electrons. The number of nitrogens with one attached hydrogen (secondary N) is 1. The van der Waals surface area contributed by atoms with Gasteiger partial charge in [-0.2, -0.15) is 0 Å². The van der Waals surface area contributed by atoms with Crippen LogP contribution in [0.2, 0.25) is 0 Å². The number of carbonyl (C=O) groups excluding carboxylic acids is 1. The van der Waals surface area contributed by atoms with Crippen molar-refractivity contribution in [3.05, 3.63) is 18.2 Å². The Morgan fingerprint density at radius 1 is 1.19 bits per heavy atom. The molecule has 9 heteroatoms. The van der Waals surface area contributed by atoms with Crippen molar-refractivity contribution in [1.82, 2.24) is 9.21 Å². The van der Waals surface area contributed by atoms with Crippen LogP contribution in [0.5, 0.6) is 0 Å².